The van der Waals surface area contributed by atoms with E-state index in [1.807, 2.05) is 0 Å². The minimum absolute atomic E-state index is 0.0760. The Morgan fingerprint density at radius 2 is 1.52 bits per heavy atom. The first-order valence-corrected chi connectivity index (χ1v) is 10.1. The van der Waals surface area contributed by atoms with Crippen LogP contribution in [0.15, 0.2) is 42.5 Å². The van der Waals surface area contributed by atoms with Crippen LogP contribution in [-0.2, 0) is 10.5 Å². The Hall–Kier alpha value is -1.74. The molecule has 1 N–H and O–H groups in total. The van der Waals surface area contributed by atoms with Crippen LogP contribution in [0.2, 0.25) is 0 Å². The number of amides is 1. The summed E-state index contributed by atoms with van der Waals surface area (Å²) in [7, 11) is 0. The third-order valence-corrected chi connectivity index (χ3v) is 5.26. The molecule has 0 bridgehead atoms. The summed E-state index contributed by atoms with van der Waals surface area (Å²) in [6.45, 7) is 10.8. The van der Waals surface area contributed by atoms with Crippen molar-refractivity contribution >= 4 is 23.4 Å². The van der Waals surface area contributed by atoms with E-state index in [9.17, 15) is 4.79 Å². The molecule has 3 heteroatoms. The molecule has 0 radical (unpaired) electrons. The lowest BCUT2D eigenvalue weighted by Crippen LogP contribution is -2.17. The smallest absolute Gasteiger partial charge is 0.234 e. The molecule has 2 aromatic rings. The average molecular weight is 356 g/mol. The number of hydrogen-bond donors (Lipinski definition) is 1. The number of carbonyl (C=O) groups excluding carboxylic acids is 1. The van der Waals surface area contributed by atoms with Crippen molar-refractivity contribution in [2.45, 2.75) is 52.2 Å². The van der Waals surface area contributed by atoms with Crippen molar-refractivity contribution in [3.8, 4) is 0 Å². The average Bonchev–Trinajstić information content (AvgIpc) is 2.56. The monoisotopic (exact) mass is 355 g/mol. The van der Waals surface area contributed by atoms with Gasteiger partial charge in [-0.15, -0.1) is 11.8 Å². The topological polar surface area (TPSA) is 29.1 Å². The normalized spacial score (nSPS) is 11.2. The zero-order valence-electron chi connectivity index (χ0n) is 15.9. The van der Waals surface area contributed by atoms with Gasteiger partial charge in [-0.1, -0.05) is 75.7 Å². The number of rotatable bonds is 7. The highest BCUT2D eigenvalue weighted by Crippen LogP contribution is 2.32. The maximum absolute atomic E-state index is 12.5. The molecule has 1 amide bonds. The molecule has 0 saturated carbocycles. The molecule has 2 rings (SSSR count). The summed E-state index contributed by atoms with van der Waals surface area (Å²) in [5.41, 5.74) is 5.95. The second-order valence-electron chi connectivity index (χ2n) is 7.15. The predicted molar refractivity (Wildman–Crippen MR) is 111 cm³/mol. The van der Waals surface area contributed by atoms with Crippen molar-refractivity contribution in [3.05, 3.63) is 64.7 Å². The Morgan fingerprint density at radius 1 is 0.960 bits per heavy atom. The largest absolute Gasteiger partial charge is 0.325 e. The van der Waals surface area contributed by atoms with E-state index in [-0.39, 0.29) is 5.91 Å². The number of aryl methyl sites for hydroxylation is 1. The highest BCUT2D eigenvalue weighted by atomic mass is 32.2. The van der Waals surface area contributed by atoms with Gasteiger partial charge < -0.3 is 5.32 Å². The van der Waals surface area contributed by atoms with Crippen molar-refractivity contribution in [3.63, 3.8) is 0 Å². The molecule has 0 aliphatic carbocycles. The number of benzene rings is 2. The summed E-state index contributed by atoms with van der Waals surface area (Å²) >= 11 is 1.66. The fourth-order valence-electron chi connectivity index (χ4n) is 2.82. The Labute approximate surface area is 156 Å². The molecule has 0 atom stereocenters. The highest BCUT2D eigenvalue weighted by Gasteiger charge is 2.15. The Morgan fingerprint density at radius 3 is 2.04 bits per heavy atom. The van der Waals surface area contributed by atoms with Gasteiger partial charge in [0.05, 0.1) is 5.75 Å². The van der Waals surface area contributed by atoms with Gasteiger partial charge in [-0.05, 0) is 35.4 Å². The summed E-state index contributed by atoms with van der Waals surface area (Å²) in [6.07, 6.45) is 0. The van der Waals surface area contributed by atoms with Gasteiger partial charge in [-0.3, -0.25) is 4.79 Å². The highest BCUT2D eigenvalue weighted by molar-refractivity contribution is 7.99. The van der Waals surface area contributed by atoms with Gasteiger partial charge in [0.25, 0.3) is 0 Å². The summed E-state index contributed by atoms with van der Waals surface area (Å²) in [6, 6.07) is 14.8. The van der Waals surface area contributed by atoms with Crippen molar-refractivity contribution in [1.82, 2.24) is 0 Å². The zero-order valence-corrected chi connectivity index (χ0v) is 16.7. The van der Waals surface area contributed by atoms with E-state index in [0.29, 0.717) is 17.6 Å². The number of thioether (sulfide) groups is 1. The van der Waals surface area contributed by atoms with Gasteiger partial charge in [0.15, 0.2) is 0 Å². The maximum atomic E-state index is 12.5. The molecule has 0 spiro atoms. The second kappa shape index (κ2) is 9.10. The third-order valence-electron chi connectivity index (χ3n) is 4.26. The van der Waals surface area contributed by atoms with Crippen LogP contribution >= 0.6 is 11.8 Å². The van der Waals surface area contributed by atoms with Crippen LogP contribution in [0, 0.1) is 6.92 Å². The predicted octanol–water partition coefficient (Wildman–Crippen LogP) is 6.11. The number of anilines is 1. The van der Waals surface area contributed by atoms with Crippen LogP contribution in [0.3, 0.4) is 0 Å². The summed E-state index contributed by atoms with van der Waals surface area (Å²) < 4.78 is 0. The standard InChI is InChI=1S/C22H29NOS/c1-15(2)19-7-6-8-20(16(3)4)22(19)23-21(24)14-25-13-18-11-9-17(5)10-12-18/h6-12,15-16H,13-14H2,1-5H3,(H,23,24). The van der Waals surface area contributed by atoms with Crippen LogP contribution in [-0.4, -0.2) is 11.7 Å². The second-order valence-corrected chi connectivity index (χ2v) is 8.13. The Balaban J connectivity index is 2.01. The first-order valence-electron chi connectivity index (χ1n) is 8.94. The van der Waals surface area contributed by atoms with Gasteiger partial charge in [0, 0.05) is 11.4 Å². The molecule has 0 aliphatic rings. The lowest BCUT2D eigenvalue weighted by atomic mass is 9.92. The van der Waals surface area contributed by atoms with E-state index >= 15 is 0 Å². The van der Waals surface area contributed by atoms with E-state index in [2.05, 4.69) is 82.4 Å². The van der Waals surface area contributed by atoms with Crippen LogP contribution in [0.1, 0.15) is 61.8 Å². The van der Waals surface area contributed by atoms with Crippen LogP contribution in [0.4, 0.5) is 5.69 Å². The van der Waals surface area contributed by atoms with Crippen molar-refractivity contribution in [2.75, 3.05) is 11.1 Å². The summed E-state index contributed by atoms with van der Waals surface area (Å²) in [4.78, 5) is 12.5. The van der Waals surface area contributed by atoms with Crippen LogP contribution in [0.25, 0.3) is 0 Å². The molecule has 134 valence electrons. The third kappa shape index (κ3) is 5.64. The van der Waals surface area contributed by atoms with Crippen LogP contribution < -0.4 is 5.32 Å². The minimum Gasteiger partial charge on any atom is -0.325 e. The molecule has 2 aromatic carbocycles. The van der Waals surface area contributed by atoms with Crippen molar-refractivity contribution < 1.29 is 4.79 Å². The molecule has 0 heterocycles. The first kappa shape index (κ1) is 19.6. The zero-order chi connectivity index (χ0) is 18.4. The number of carbonyl (C=O) groups is 1. The first-order chi connectivity index (χ1) is 11.9. The fraction of sp³-hybridized carbons (Fsp3) is 0.409. The molecule has 0 unspecified atom stereocenters. The van der Waals surface area contributed by atoms with E-state index in [0.717, 1.165) is 11.4 Å². The molecule has 25 heavy (non-hydrogen) atoms. The molecule has 0 fully saturated rings. The quantitative estimate of drug-likeness (QED) is 0.649. The van der Waals surface area contributed by atoms with Gasteiger partial charge in [0.2, 0.25) is 5.91 Å². The summed E-state index contributed by atoms with van der Waals surface area (Å²) in [5, 5.41) is 3.18. The van der Waals surface area contributed by atoms with Crippen LogP contribution in [0.5, 0.6) is 0 Å². The molecule has 2 nitrogen and oxygen atoms in total. The number of nitrogens with one attached hydrogen (secondary N) is 1. The molecule has 0 saturated heterocycles. The molecular weight excluding hydrogens is 326 g/mol. The summed E-state index contributed by atoms with van der Waals surface area (Å²) in [5.74, 6) is 2.17. The SMILES string of the molecule is Cc1ccc(CSCC(=O)Nc2c(C(C)C)cccc2C(C)C)cc1. The van der Waals surface area contributed by atoms with Crippen molar-refractivity contribution in [2.24, 2.45) is 0 Å². The van der Waals surface area contributed by atoms with E-state index in [1.165, 1.54) is 22.3 Å². The molecule has 0 aliphatic heterocycles. The molecule has 0 aromatic heterocycles. The lowest BCUT2D eigenvalue weighted by Gasteiger charge is -2.20. The lowest BCUT2D eigenvalue weighted by molar-refractivity contribution is -0.113. The van der Waals surface area contributed by atoms with E-state index < -0.39 is 0 Å². The van der Waals surface area contributed by atoms with Crippen molar-refractivity contribution in [1.29, 1.82) is 0 Å². The Kier molecular flexibility index (Phi) is 7.12. The van der Waals surface area contributed by atoms with E-state index in [1.54, 1.807) is 11.8 Å². The Bertz CT molecular complexity index is 678. The number of hydrogen-bond acceptors (Lipinski definition) is 2. The number of para-hydroxylation sites is 1. The minimum atomic E-state index is 0.0760. The van der Waals surface area contributed by atoms with Gasteiger partial charge >= 0.3 is 0 Å². The fourth-order valence-corrected chi connectivity index (χ4v) is 3.60. The van der Waals surface area contributed by atoms with Gasteiger partial charge in [0.1, 0.15) is 0 Å². The van der Waals surface area contributed by atoms with Gasteiger partial charge in [-0.2, -0.15) is 0 Å². The van der Waals surface area contributed by atoms with Gasteiger partial charge in [-0.25, -0.2) is 0 Å². The molecular formula is C22H29NOS. The maximum Gasteiger partial charge on any atom is 0.234 e. The van der Waals surface area contributed by atoms with E-state index in [4.69, 9.17) is 0 Å².